The van der Waals surface area contributed by atoms with Crippen molar-refractivity contribution in [2.45, 2.75) is 48.8 Å². The molecule has 2 saturated heterocycles. The average molecular weight is 298 g/mol. The number of piperidine rings is 1. The van der Waals surface area contributed by atoms with E-state index in [1.807, 2.05) is 0 Å². The molecule has 3 rings (SSSR count). The Balaban J connectivity index is 2.01. The van der Waals surface area contributed by atoms with E-state index in [9.17, 15) is 13.5 Å². The zero-order valence-corrected chi connectivity index (χ0v) is 11.8. The molecule has 2 fully saturated rings. The fraction of sp³-hybridized carbons (Fsp3) is 0.583. The normalized spacial score (nSPS) is 30.4. The van der Waals surface area contributed by atoms with Crippen LogP contribution in [0.5, 0.6) is 0 Å². The maximum atomic E-state index is 12.8. The SMILES string of the molecule is NNc1ccncc1S(=O)(=O)N1C2CCC1CC(O)C2. The Labute approximate surface area is 117 Å². The van der Waals surface area contributed by atoms with Gasteiger partial charge in [0.25, 0.3) is 0 Å². The fourth-order valence-corrected chi connectivity index (χ4v) is 5.31. The number of aliphatic hydroxyl groups is 1. The van der Waals surface area contributed by atoms with Crippen molar-refractivity contribution in [3.8, 4) is 0 Å². The first-order valence-corrected chi connectivity index (χ1v) is 8.10. The van der Waals surface area contributed by atoms with Crippen LogP contribution in [0.25, 0.3) is 0 Å². The van der Waals surface area contributed by atoms with Gasteiger partial charge in [0, 0.05) is 24.5 Å². The lowest BCUT2D eigenvalue weighted by Gasteiger charge is -2.36. The Morgan fingerprint density at radius 2 is 2.00 bits per heavy atom. The molecular weight excluding hydrogens is 280 g/mol. The molecule has 1 aromatic rings. The summed E-state index contributed by atoms with van der Waals surface area (Å²) in [6.07, 6.45) is 5.00. The van der Waals surface area contributed by atoms with E-state index in [2.05, 4.69) is 10.4 Å². The molecule has 0 spiro atoms. The van der Waals surface area contributed by atoms with Crippen LogP contribution in [0.1, 0.15) is 25.7 Å². The molecule has 0 amide bonds. The number of hydrogen-bond donors (Lipinski definition) is 3. The van der Waals surface area contributed by atoms with Gasteiger partial charge in [-0.1, -0.05) is 0 Å². The summed E-state index contributed by atoms with van der Waals surface area (Å²) in [6.45, 7) is 0. The van der Waals surface area contributed by atoms with Crippen LogP contribution in [-0.4, -0.2) is 41.0 Å². The van der Waals surface area contributed by atoms with Crippen molar-refractivity contribution >= 4 is 15.7 Å². The molecule has 0 radical (unpaired) electrons. The summed E-state index contributed by atoms with van der Waals surface area (Å²) < 4.78 is 27.2. The highest BCUT2D eigenvalue weighted by Gasteiger charge is 2.47. The van der Waals surface area contributed by atoms with Gasteiger partial charge in [0.05, 0.1) is 11.8 Å². The smallest absolute Gasteiger partial charge is 0.247 e. The van der Waals surface area contributed by atoms with E-state index in [0.717, 1.165) is 12.8 Å². The van der Waals surface area contributed by atoms with Gasteiger partial charge in [0.15, 0.2) is 0 Å². The maximum absolute atomic E-state index is 12.8. The predicted octanol–water partition coefficient (Wildman–Crippen LogP) is 0.0436. The van der Waals surface area contributed by atoms with Crippen molar-refractivity contribution in [3.05, 3.63) is 18.5 Å². The molecule has 1 aromatic heterocycles. The molecular formula is C12H18N4O3S. The van der Waals surface area contributed by atoms with E-state index in [-0.39, 0.29) is 17.0 Å². The van der Waals surface area contributed by atoms with Gasteiger partial charge in [-0.3, -0.25) is 10.8 Å². The van der Waals surface area contributed by atoms with Gasteiger partial charge in [0.2, 0.25) is 10.0 Å². The van der Waals surface area contributed by atoms with Crippen LogP contribution in [0, 0.1) is 0 Å². The lowest BCUT2D eigenvalue weighted by Crippen LogP contribution is -2.48. The third-order valence-electron chi connectivity index (χ3n) is 4.14. The average Bonchev–Trinajstić information content (AvgIpc) is 2.72. The number of nitrogens with one attached hydrogen (secondary N) is 1. The molecule has 8 heteroatoms. The number of hydrazine groups is 1. The standard InChI is InChI=1S/C12H18N4O3S/c13-15-11-3-4-14-7-12(11)20(18,19)16-8-1-2-9(16)6-10(17)5-8/h3-4,7-10,17H,1-2,5-6,13H2,(H,14,15). The Kier molecular flexibility index (Phi) is 3.41. The molecule has 2 aliphatic heterocycles. The molecule has 20 heavy (non-hydrogen) atoms. The molecule has 0 saturated carbocycles. The van der Waals surface area contributed by atoms with Crippen molar-refractivity contribution in [1.82, 2.24) is 9.29 Å². The molecule has 0 aromatic carbocycles. The number of rotatable bonds is 3. The van der Waals surface area contributed by atoms with Gasteiger partial charge in [-0.15, -0.1) is 0 Å². The van der Waals surface area contributed by atoms with E-state index in [0.29, 0.717) is 18.5 Å². The summed E-state index contributed by atoms with van der Waals surface area (Å²) in [5.41, 5.74) is 2.74. The zero-order valence-electron chi connectivity index (χ0n) is 10.9. The highest BCUT2D eigenvalue weighted by molar-refractivity contribution is 7.89. The molecule has 4 N–H and O–H groups in total. The third-order valence-corrected chi connectivity index (χ3v) is 6.17. The Bertz CT molecular complexity index is 592. The summed E-state index contributed by atoms with van der Waals surface area (Å²) in [5, 5.41) is 9.78. The summed E-state index contributed by atoms with van der Waals surface area (Å²) in [6, 6.07) is 1.28. The highest BCUT2D eigenvalue weighted by Crippen LogP contribution is 2.40. The van der Waals surface area contributed by atoms with Crippen LogP contribution in [0.3, 0.4) is 0 Å². The van der Waals surface area contributed by atoms with E-state index in [1.54, 1.807) is 0 Å². The minimum Gasteiger partial charge on any atom is -0.393 e. The lowest BCUT2D eigenvalue weighted by molar-refractivity contribution is 0.0769. The second-order valence-corrected chi connectivity index (χ2v) is 7.17. The first kappa shape index (κ1) is 13.7. The summed E-state index contributed by atoms with van der Waals surface area (Å²) in [4.78, 5) is 3.98. The number of anilines is 1. The van der Waals surface area contributed by atoms with Crippen molar-refractivity contribution in [2.24, 2.45) is 5.84 Å². The molecule has 2 unspecified atom stereocenters. The highest BCUT2D eigenvalue weighted by atomic mass is 32.2. The number of hydrogen-bond acceptors (Lipinski definition) is 6. The van der Waals surface area contributed by atoms with E-state index >= 15 is 0 Å². The van der Waals surface area contributed by atoms with Crippen molar-refractivity contribution in [3.63, 3.8) is 0 Å². The number of pyridine rings is 1. The number of nitrogens with two attached hydrogens (primary N) is 1. The minimum absolute atomic E-state index is 0.0933. The zero-order chi connectivity index (χ0) is 14.3. The Morgan fingerprint density at radius 1 is 1.35 bits per heavy atom. The third kappa shape index (κ3) is 2.08. The van der Waals surface area contributed by atoms with Crippen LogP contribution in [0.15, 0.2) is 23.4 Å². The minimum atomic E-state index is -3.65. The Morgan fingerprint density at radius 3 is 2.60 bits per heavy atom. The molecule has 2 bridgehead atoms. The van der Waals surface area contributed by atoms with Crippen LogP contribution in [0.2, 0.25) is 0 Å². The second-order valence-electron chi connectivity index (χ2n) is 5.36. The van der Waals surface area contributed by atoms with E-state index in [1.165, 1.54) is 22.8 Å². The summed E-state index contributed by atoms with van der Waals surface area (Å²) in [5.74, 6) is 5.38. The largest absolute Gasteiger partial charge is 0.393 e. The van der Waals surface area contributed by atoms with Gasteiger partial charge in [0.1, 0.15) is 4.90 Å². The number of nitrogen functional groups attached to an aromatic ring is 1. The van der Waals surface area contributed by atoms with Gasteiger partial charge in [-0.2, -0.15) is 4.31 Å². The van der Waals surface area contributed by atoms with Gasteiger partial charge < -0.3 is 10.5 Å². The number of aromatic nitrogens is 1. The van der Waals surface area contributed by atoms with Gasteiger partial charge >= 0.3 is 0 Å². The second kappa shape index (κ2) is 4.96. The summed E-state index contributed by atoms with van der Waals surface area (Å²) in [7, 11) is -3.65. The lowest BCUT2D eigenvalue weighted by atomic mass is 10.0. The molecule has 3 heterocycles. The van der Waals surface area contributed by atoms with Crippen LogP contribution >= 0.6 is 0 Å². The molecule has 110 valence electrons. The fourth-order valence-electron chi connectivity index (χ4n) is 3.32. The van der Waals surface area contributed by atoms with E-state index in [4.69, 9.17) is 5.84 Å². The van der Waals surface area contributed by atoms with Crippen molar-refractivity contribution in [1.29, 1.82) is 0 Å². The number of aliphatic hydroxyl groups excluding tert-OH is 1. The van der Waals surface area contributed by atoms with Gasteiger partial charge in [-0.25, -0.2) is 8.42 Å². The van der Waals surface area contributed by atoms with Crippen LogP contribution in [0.4, 0.5) is 5.69 Å². The molecule has 2 aliphatic rings. The summed E-state index contributed by atoms with van der Waals surface area (Å²) >= 11 is 0. The van der Waals surface area contributed by atoms with Crippen LogP contribution < -0.4 is 11.3 Å². The predicted molar refractivity (Wildman–Crippen MR) is 73.1 cm³/mol. The van der Waals surface area contributed by atoms with Gasteiger partial charge in [-0.05, 0) is 31.7 Å². The molecule has 2 atom stereocenters. The quantitative estimate of drug-likeness (QED) is 0.537. The molecule has 0 aliphatic carbocycles. The number of nitrogens with zero attached hydrogens (tertiary/aromatic N) is 2. The first-order valence-electron chi connectivity index (χ1n) is 6.66. The first-order chi connectivity index (χ1) is 9.54. The molecule has 7 nitrogen and oxygen atoms in total. The monoisotopic (exact) mass is 298 g/mol. The van der Waals surface area contributed by atoms with Crippen LogP contribution in [-0.2, 0) is 10.0 Å². The number of fused-ring (bicyclic) bond motifs is 2. The van der Waals surface area contributed by atoms with Crippen molar-refractivity contribution < 1.29 is 13.5 Å². The maximum Gasteiger partial charge on any atom is 0.247 e. The topological polar surface area (TPSA) is 109 Å². The van der Waals surface area contributed by atoms with E-state index < -0.39 is 16.1 Å². The Hall–Kier alpha value is -1.22. The number of sulfonamides is 1. The van der Waals surface area contributed by atoms with Crippen molar-refractivity contribution in [2.75, 3.05) is 5.43 Å².